The molecule has 1 aromatic rings. The molecule has 1 heterocycles. The molecule has 1 saturated heterocycles. The Morgan fingerprint density at radius 3 is 2.44 bits per heavy atom. The number of likely N-dealkylation sites (tertiary alicyclic amines) is 1. The van der Waals surface area contributed by atoms with Gasteiger partial charge in [-0.3, -0.25) is 9.69 Å². The summed E-state index contributed by atoms with van der Waals surface area (Å²) in [5, 5.41) is 6.09. The smallest absolute Gasteiger partial charge is 0.224 e. The van der Waals surface area contributed by atoms with Gasteiger partial charge >= 0.3 is 0 Å². The van der Waals surface area contributed by atoms with Gasteiger partial charge in [0.25, 0.3) is 0 Å². The van der Waals surface area contributed by atoms with Crippen LogP contribution in [0.5, 0.6) is 0 Å². The van der Waals surface area contributed by atoms with Crippen LogP contribution < -0.4 is 10.6 Å². The van der Waals surface area contributed by atoms with E-state index >= 15 is 0 Å². The van der Waals surface area contributed by atoms with Crippen molar-refractivity contribution in [1.82, 2.24) is 15.5 Å². The van der Waals surface area contributed by atoms with Gasteiger partial charge in [-0.15, -0.1) is 24.8 Å². The third-order valence-corrected chi connectivity index (χ3v) is 4.28. The highest BCUT2D eigenvalue weighted by molar-refractivity contribution is 5.85. The third kappa shape index (κ3) is 7.44. The minimum atomic E-state index is -0.814. The maximum absolute atomic E-state index is 13.2. The average Bonchev–Trinajstić information content (AvgIpc) is 2.53. The highest BCUT2D eigenvalue weighted by atomic mass is 35.5. The van der Waals surface area contributed by atoms with Crippen LogP contribution in [0.1, 0.15) is 25.3 Å². The van der Waals surface area contributed by atoms with Crippen molar-refractivity contribution in [3.05, 3.63) is 35.4 Å². The van der Waals surface area contributed by atoms with Crippen LogP contribution in [0.3, 0.4) is 0 Å². The van der Waals surface area contributed by atoms with Crippen LogP contribution in [0, 0.1) is 17.6 Å². The Kier molecular flexibility index (Phi) is 11.2. The summed E-state index contributed by atoms with van der Waals surface area (Å²) in [5.74, 6) is -1.58. The van der Waals surface area contributed by atoms with Gasteiger partial charge < -0.3 is 10.6 Å². The van der Waals surface area contributed by atoms with Gasteiger partial charge in [0.2, 0.25) is 5.91 Å². The quantitative estimate of drug-likeness (QED) is 0.775. The van der Waals surface area contributed by atoms with E-state index in [1.807, 2.05) is 14.0 Å². The van der Waals surface area contributed by atoms with Crippen molar-refractivity contribution in [2.45, 2.75) is 32.4 Å². The molecule has 0 radical (unpaired) electrons. The summed E-state index contributed by atoms with van der Waals surface area (Å²) in [5.41, 5.74) is 0.772. The molecule has 2 N–H and O–H groups in total. The van der Waals surface area contributed by atoms with Gasteiger partial charge in [0.05, 0.1) is 0 Å². The Morgan fingerprint density at radius 2 is 1.88 bits per heavy atom. The summed E-state index contributed by atoms with van der Waals surface area (Å²) in [4.78, 5) is 14.2. The monoisotopic (exact) mass is 397 g/mol. The maximum Gasteiger partial charge on any atom is 0.224 e. The van der Waals surface area contributed by atoms with Crippen LogP contribution in [0.25, 0.3) is 0 Å². The van der Waals surface area contributed by atoms with Crippen LogP contribution in [0.15, 0.2) is 18.2 Å². The van der Waals surface area contributed by atoms with Crippen LogP contribution in [-0.4, -0.2) is 43.5 Å². The second-order valence-corrected chi connectivity index (χ2v) is 6.27. The van der Waals surface area contributed by atoms with E-state index in [0.717, 1.165) is 31.5 Å². The van der Waals surface area contributed by atoms with Crippen LogP contribution in [-0.2, 0) is 11.3 Å². The van der Waals surface area contributed by atoms with E-state index in [4.69, 9.17) is 0 Å². The molecule has 0 bridgehead atoms. The number of carbonyl (C=O) groups excluding carboxylic acids is 1. The van der Waals surface area contributed by atoms with Gasteiger partial charge in [0.1, 0.15) is 0 Å². The highest BCUT2D eigenvalue weighted by Gasteiger charge is 2.22. The first-order valence-corrected chi connectivity index (χ1v) is 8.11. The van der Waals surface area contributed by atoms with E-state index in [2.05, 4.69) is 15.5 Å². The van der Waals surface area contributed by atoms with Crippen molar-refractivity contribution >= 4 is 30.7 Å². The molecule has 0 aromatic heterocycles. The molecule has 0 spiro atoms. The molecule has 1 atom stereocenters. The Labute approximate surface area is 160 Å². The molecule has 0 saturated carbocycles. The van der Waals surface area contributed by atoms with Crippen molar-refractivity contribution in [1.29, 1.82) is 0 Å². The number of halogens is 4. The second kappa shape index (κ2) is 11.6. The zero-order valence-electron chi connectivity index (χ0n) is 14.6. The van der Waals surface area contributed by atoms with Gasteiger partial charge in [-0.1, -0.05) is 13.0 Å². The Balaban J connectivity index is 0.00000288. The minimum Gasteiger partial charge on any atom is -0.353 e. The van der Waals surface area contributed by atoms with Crippen molar-refractivity contribution in [3.63, 3.8) is 0 Å². The topological polar surface area (TPSA) is 44.4 Å². The fourth-order valence-corrected chi connectivity index (χ4v) is 2.87. The number of nitrogens with one attached hydrogen (secondary N) is 2. The predicted octanol–water partition coefficient (Wildman–Crippen LogP) is 2.74. The molecule has 1 aromatic carbocycles. The lowest BCUT2D eigenvalue weighted by Crippen LogP contribution is -2.46. The molecular weight excluding hydrogens is 371 g/mol. The van der Waals surface area contributed by atoms with Crippen molar-refractivity contribution in [2.24, 2.45) is 5.92 Å². The van der Waals surface area contributed by atoms with Gasteiger partial charge in [-0.25, -0.2) is 8.78 Å². The first-order chi connectivity index (χ1) is 11.0. The molecule has 1 fully saturated rings. The average molecular weight is 398 g/mol. The molecule has 1 aliphatic heterocycles. The number of amides is 1. The molecule has 8 heteroatoms. The largest absolute Gasteiger partial charge is 0.353 e. The maximum atomic E-state index is 13.2. The number of carbonyl (C=O) groups is 1. The van der Waals surface area contributed by atoms with E-state index in [0.29, 0.717) is 13.1 Å². The van der Waals surface area contributed by atoms with E-state index in [9.17, 15) is 13.6 Å². The summed E-state index contributed by atoms with van der Waals surface area (Å²) in [7, 11) is 1.83. The fourth-order valence-electron chi connectivity index (χ4n) is 2.87. The number of rotatable bonds is 6. The van der Waals surface area contributed by atoms with Gasteiger partial charge in [0.15, 0.2) is 11.6 Å². The Bertz CT molecular complexity index is 541. The normalized spacial score (nSPS) is 16.5. The molecule has 25 heavy (non-hydrogen) atoms. The first kappa shape index (κ1) is 24.1. The highest BCUT2D eigenvalue weighted by Crippen LogP contribution is 2.16. The Hall–Kier alpha value is -0.950. The number of hydrogen-bond acceptors (Lipinski definition) is 3. The molecule has 1 amide bonds. The lowest BCUT2D eigenvalue weighted by molar-refractivity contribution is -0.125. The van der Waals surface area contributed by atoms with Crippen LogP contribution >= 0.6 is 24.8 Å². The molecule has 1 unspecified atom stereocenters. The zero-order valence-corrected chi connectivity index (χ0v) is 16.2. The molecule has 144 valence electrons. The van der Waals surface area contributed by atoms with Gasteiger partial charge in [0, 0.05) is 38.1 Å². The van der Waals surface area contributed by atoms with Crippen LogP contribution in [0.4, 0.5) is 8.78 Å². The van der Waals surface area contributed by atoms with Crippen LogP contribution in [0.2, 0.25) is 0 Å². The molecule has 1 aliphatic rings. The van der Waals surface area contributed by atoms with Crippen molar-refractivity contribution < 1.29 is 13.6 Å². The summed E-state index contributed by atoms with van der Waals surface area (Å²) in [6.45, 7) is 4.85. The first-order valence-electron chi connectivity index (χ1n) is 8.11. The molecular formula is C17H27Cl2F2N3O. The molecule has 0 aliphatic carbocycles. The third-order valence-electron chi connectivity index (χ3n) is 4.28. The number of hydrogen-bond donors (Lipinski definition) is 2. The van der Waals surface area contributed by atoms with E-state index in [1.165, 1.54) is 12.1 Å². The lowest BCUT2D eigenvalue weighted by atomic mass is 10.0. The van der Waals surface area contributed by atoms with E-state index in [-0.39, 0.29) is 42.7 Å². The molecule has 2 rings (SSSR count). The Morgan fingerprint density at radius 1 is 1.24 bits per heavy atom. The van der Waals surface area contributed by atoms with E-state index in [1.54, 1.807) is 6.07 Å². The number of piperidine rings is 1. The zero-order chi connectivity index (χ0) is 16.8. The number of benzene rings is 1. The van der Waals surface area contributed by atoms with Gasteiger partial charge in [-0.2, -0.15) is 0 Å². The van der Waals surface area contributed by atoms with Crippen molar-refractivity contribution in [2.75, 3.05) is 26.7 Å². The fraction of sp³-hybridized carbons (Fsp3) is 0.588. The summed E-state index contributed by atoms with van der Waals surface area (Å²) in [6, 6.07) is 4.23. The van der Waals surface area contributed by atoms with Crippen molar-refractivity contribution in [3.8, 4) is 0 Å². The number of nitrogens with zero attached hydrogens (tertiary/aromatic N) is 1. The SMILES string of the molecule is CNCC(C)C(=O)NC1CCN(Cc2ccc(F)c(F)c2)CC1.Cl.Cl. The van der Waals surface area contributed by atoms with E-state index < -0.39 is 11.6 Å². The summed E-state index contributed by atoms with van der Waals surface area (Å²) < 4.78 is 26.2. The second-order valence-electron chi connectivity index (χ2n) is 6.27. The standard InChI is InChI=1S/C17H25F2N3O.2ClH/c1-12(10-20-2)17(23)21-14-5-7-22(8-6-14)11-13-3-4-15(18)16(19)9-13;;/h3-4,9,12,14,20H,5-8,10-11H2,1-2H3,(H,21,23);2*1H. The minimum absolute atomic E-state index is 0. The van der Waals surface area contributed by atoms with Gasteiger partial charge in [-0.05, 0) is 37.6 Å². The molecule has 4 nitrogen and oxygen atoms in total. The predicted molar refractivity (Wildman–Crippen MR) is 100 cm³/mol. The lowest BCUT2D eigenvalue weighted by Gasteiger charge is -2.33. The summed E-state index contributed by atoms with van der Waals surface area (Å²) in [6.07, 6.45) is 1.75. The summed E-state index contributed by atoms with van der Waals surface area (Å²) >= 11 is 0.